The molecule has 0 bridgehead atoms. The van der Waals surface area contributed by atoms with Crippen LogP contribution in [0.1, 0.15) is 12.5 Å². The van der Waals surface area contributed by atoms with Crippen molar-refractivity contribution in [3.05, 3.63) is 51.0 Å². The number of benzene rings is 2. The Bertz CT molecular complexity index is 966. The Morgan fingerprint density at radius 1 is 1.16 bits per heavy atom. The number of carboxylic acids is 1. The molecule has 25 heavy (non-hydrogen) atoms. The Morgan fingerprint density at radius 2 is 1.92 bits per heavy atom. The van der Waals surface area contributed by atoms with E-state index in [0.717, 1.165) is 0 Å². The van der Waals surface area contributed by atoms with Crippen LogP contribution in [0.3, 0.4) is 0 Å². The van der Waals surface area contributed by atoms with Gasteiger partial charge in [-0.3, -0.25) is 4.79 Å². The van der Waals surface area contributed by atoms with Gasteiger partial charge in [-0.25, -0.2) is 0 Å². The number of ether oxygens (including phenoxy) is 1. The van der Waals surface area contributed by atoms with Crippen LogP contribution in [0.5, 0.6) is 5.75 Å². The van der Waals surface area contributed by atoms with Crippen molar-refractivity contribution in [1.82, 2.24) is 4.98 Å². The predicted octanol–water partition coefficient (Wildman–Crippen LogP) is 5.82. The lowest BCUT2D eigenvalue weighted by molar-refractivity contribution is -0.136. The molecule has 0 spiro atoms. The lowest BCUT2D eigenvalue weighted by atomic mass is 10.0. The van der Waals surface area contributed by atoms with Crippen LogP contribution in [-0.2, 0) is 11.2 Å². The van der Waals surface area contributed by atoms with Crippen molar-refractivity contribution in [1.29, 1.82) is 0 Å². The lowest BCUT2D eigenvalue weighted by Crippen LogP contribution is -2.02. The SMILES string of the molecule is CCOc1ccc(Cl)cc1-c1[nH]c2cc(Cl)cc(Cl)c2c1CC(=O)O. The van der Waals surface area contributed by atoms with Crippen molar-refractivity contribution in [2.24, 2.45) is 0 Å². The van der Waals surface area contributed by atoms with Crippen LogP contribution in [0.25, 0.3) is 22.2 Å². The van der Waals surface area contributed by atoms with Crippen LogP contribution in [-0.4, -0.2) is 22.7 Å². The minimum absolute atomic E-state index is 0.200. The van der Waals surface area contributed by atoms with E-state index in [1.165, 1.54) is 0 Å². The van der Waals surface area contributed by atoms with Gasteiger partial charge in [0.05, 0.1) is 23.7 Å². The van der Waals surface area contributed by atoms with E-state index in [9.17, 15) is 9.90 Å². The first-order valence-corrected chi connectivity index (χ1v) is 8.68. The molecule has 0 aliphatic rings. The Balaban J connectivity index is 2.34. The summed E-state index contributed by atoms with van der Waals surface area (Å²) in [6, 6.07) is 8.52. The molecule has 3 aromatic rings. The molecular formula is C18H14Cl3NO3. The number of rotatable bonds is 5. The van der Waals surface area contributed by atoms with E-state index in [0.29, 0.717) is 55.1 Å². The van der Waals surface area contributed by atoms with Crippen molar-refractivity contribution in [2.75, 3.05) is 6.61 Å². The summed E-state index contributed by atoms with van der Waals surface area (Å²) >= 11 is 18.6. The van der Waals surface area contributed by atoms with Gasteiger partial charge in [-0.15, -0.1) is 0 Å². The maximum atomic E-state index is 11.4. The summed E-state index contributed by atoms with van der Waals surface area (Å²) in [6.07, 6.45) is -0.200. The van der Waals surface area contributed by atoms with Gasteiger partial charge in [0, 0.05) is 26.5 Å². The van der Waals surface area contributed by atoms with Gasteiger partial charge in [0.2, 0.25) is 0 Å². The molecule has 0 fully saturated rings. The van der Waals surface area contributed by atoms with E-state index in [1.807, 2.05) is 6.92 Å². The Hall–Kier alpha value is -1.88. The number of fused-ring (bicyclic) bond motifs is 1. The summed E-state index contributed by atoms with van der Waals surface area (Å²) in [5, 5.41) is 11.3. The van der Waals surface area contributed by atoms with E-state index in [1.54, 1.807) is 30.3 Å². The molecule has 2 aromatic carbocycles. The van der Waals surface area contributed by atoms with E-state index in [4.69, 9.17) is 39.5 Å². The zero-order valence-corrected chi connectivity index (χ0v) is 15.5. The van der Waals surface area contributed by atoms with E-state index in [2.05, 4.69) is 4.98 Å². The van der Waals surface area contributed by atoms with Crippen LogP contribution in [0, 0.1) is 0 Å². The molecule has 7 heteroatoms. The summed E-state index contributed by atoms with van der Waals surface area (Å²) in [5.74, 6) is -0.361. The number of carboxylic acid groups (broad SMARTS) is 1. The highest BCUT2D eigenvalue weighted by Gasteiger charge is 2.21. The van der Waals surface area contributed by atoms with E-state index in [-0.39, 0.29) is 6.42 Å². The molecule has 0 atom stereocenters. The maximum absolute atomic E-state index is 11.4. The molecule has 0 aliphatic heterocycles. The van der Waals surface area contributed by atoms with Crippen molar-refractivity contribution < 1.29 is 14.6 Å². The number of hydrogen-bond acceptors (Lipinski definition) is 2. The summed E-state index contributed by atoms with van der Waals surface area (Å²) in [6.45, 7) is 2.34. The van der Waals surface area contributed by atoms with E-state index >= 15 is 0 Å². The number of aliphatic carboxylic acids is 1. The minimum atomic E-state index is -0.965. The fourth-order valence-electron chi connectivity index (χ4n) is 2.85. The van der Waals surface area contributed by atoms with Crippen molar-refractivity contribution in [3.8, 4) is 17.0 Å². The van der Waals surface area contributed by atoms with Crippen molar-refractivity contribution in [3.63, 3.8) is 0 Å². The second kappa shape index (κ2) is 7.16. The number of aromatic nitrogens is 1. The van der Waals surface area contributed by atoms with Crippen LogP contribution < -0.4 is 4.74 Å². The van der Waals surface area contributed by atoms with Crippen LogP contribution >= 0.6 is 34.8 Å². The Labute approximate surface area is 159 Å². The molecule has 1 heterocycles. The van der Waals surface area contributed by atoms with Crippen LogP contribution in [0.4, 0.5) is 0 Å². The molecule has 0 saturated heterocycles. The zero-order chi connectivity index (χ0) is 18.1. The number of aromatic amines is 1. The normalized spacial score (nSPS) is 11.0. The van der Waals surface area contributed by atoms with Crippen LogP contribution in [0.2, 0.25) is 15.1 Å². The van der Waals surface area contributed by atoms with Crippen LogP contribution in [0.15, 0.2) is 30.3 Å². The van der Waals surface area contributed by atoms with Gasteiger partial charge in [-0.1, -0.05) is 34.8 Å². The van der Waals surface area contributed by atoms with Crippen molar-refractivity contribution >= 4 is 51.7 Å². The number of halogens is 3. The fraction of sp³-hybridized carbons (Fsp3) is 0.167. The average Bonchev–Trinajstić information content (AvgIpc) is 2.87. The highest BCUT2D eigenvalue weighted by molar-refractivity contribution is 6.39. The fourth-order valence-corrected chi connectivity index (χ4v) is 3.63. The molecular weight excluding hydrogens is 385 g/mol. The van der Waals surface area contributed by atoms with Gasteiger partial charge in [0.25, 0.3) is 0 Å². The second-order valence-corrected chi connectivity index (χ2v) is 6.71. The Morgan fingerprint density at radius 3 is 2.60 bits per heavy atom. The Kier molecular flexibility index (Phi) is 5.13. The average molecular weight is 399 g/mol. The molecule has 0 unspecified atom stereocenters. The first kappa shape index (κ1) is 17.9. The van der Waals surface area contributed by atoms with Gasteiger partial charge in [-0.05, 0) is 42.8 Å². The molecule has 0 amide bonds. The van der Waals surface area contributed by atoms with Gasteiger partial charge in [0.15, 0.2) is 0 Å². The van der Waals surface area contributed by atoms with Gasteiger partial charge >= 0.3 is 5.97 Å². The van der Waals surface area contributed by atoms with Gasteiger partial charge < -0.3 is 14.8 Å². The maximum Gasteiger partial charge on any atom is 0.307 e. The molecule has 1 aromatic heterocycles. The van der Waals surface area contributed by atoms with Crippen molar-refractivity contribution in [2.45, 2.75) is 13.3 Å². The highest BCUT2D eigenvalue weighted by Crippen LogP contribution is 2.40. The summed E-state index contributed by atoms with van der Waals surface area (Å²) < 4.78 is 5.67. The third kappa shape index (κ3) is 3.56. The number of carbonyl (C=O) groups is 1. The molecule has 0 saturated carbocycles. The first-order chi connectivity index (χ1) is 11.9. The second-order valence-electron chi connectivity index (χ2n) is 5.43. The predicted molar refractivity (Wildman–Crippen MR) is 101 cm³/mol. The molecule has 0 aliphatic carbocycles. The smallest absolute Gasteiger partial charge is 0.307 e. The summed E-state index contributed by atoms with van der Waals surface area (Å²) in [4.78, 5) is 14.6. The standard InChI is InChI=1S/C18H14Cl3NO3/c1-2-25-15-4-3-9(19)5-11(15)18-12(8-16(23)24)17-13(21)6-10(20)7-14(17)22-18/h3-7,22H,2,8H2,1H3,(H,23,24). The zero-order valence-electron chi connectivity index (χ0n) is 13.2. The van der Waals surface area contributed by atoms with E-state index < -0.39 is 5.97 Å². The summed E-state index contributed by atoms with van der Waals surface area (Å²) in [5.41, 5.74) is 2.50. The molecule has 2 N–H and O–H groups in total. The molecule has 0 radical (unpaired) electrons. The molecule has 3 rings (SSSR count). The first-order valence-electron chi connectivity index (χ1n) is 7.54. The quantitative estimate of drug-likeness (QED) is 0.569. The monoisotopic (exact) mass is 397 g/mol. The third-order valence-corrected chi connectivity index (χ3v) is 4.51. The largest absolute Gasteiger partial charge is 0.493 e. The lowest BCUT2D eigenvalue weighted by Gasteiger charge is -2.11. The molecule has 4 nitrogen and oxygen atoms in total. The number of nitrogens with one attached hydrogen (secondary N) is 1. The topological polar surface area (TPSA) is 62.3 Å². The minimum Gasteiger partial charge on any atom is -0.493 e. The molecule has 130 valence electrons. The van der Waals surface area contributed by atoms with Gasteiger partial charge in [0.1, 0.15) is 5.75 Å². The number of hydrogen-bond donors (Lipinski definition) is 2. The summed E-state index contributed by atoms with van der Waals surface area (Å²) in [7, 11) is 0. The third-order valence-electron chi connectivity index (χ3n) is 3.76. The highest BCUT2D eigenvalue weighted by atomic mass is 35.5. The number of H-pyrrole nitrogens is 1. The van der Waals surface area contributed by atoms with Gasteiger partial charge in [-0.2, -0.15) is 0 Å².